The van der Waals surface area contributed by atoms with Gasteiger partial charge in [0.1, 0.15) is 6.54 Å². The van der Waals surface area contributed by atoms with Crippen LogP contribution in [0.1, 0.15) is 25.7 Å². The summed E-state index contributed by atoms with van der Waals surface area (Å²) in [6.07, 6.45) is 0. The van der Waals surface area contributed by atoms with Gasteiger partial charge >= 0.3 is 0 Å². The molecule has 2 aromatic carbocycles. The summed E-state index contributed by atoms with van der Waals surface area (Å²) in [6.45, 7) is 7.36. The normalized spacial score (nSPS) is 13.9. The Morgan fingerprint density at radius 3 is 2.36 bits per heavy atom. The third-order valence-corrected chi connectivity index (χ3v) is 7.90. The number of morpholine rings is 1. The monoisotopic (exact) mass is 569 g/mol. The van der Waals surface area contributed by atoms with Crippen molar-refractivity contribution >= 4 is 39.1 Å². The van der Waals surface area contributed by atoms with Crippen molar-refractivity contribution in [1.29, 1.82) is 0 Å². The Hall–Kier alpha value is -2.52. The van der Waals surface area contributed by atoms with Gasteiger partial charge < -0.3 is 14.5 Å². The van der Waals surface area contributed by atoms with Crippen molar-refractivity contribution in [3.63, 3.8) is 0 Å². The van der Waals surface area contributed by atoms with Crippen LogP contribution in [0.3, 0.4) is 0 Å². The maximum Gasteiger partial charge on any atom is 0.255 e. The second-order valence-corrected chi connectivity index (χ2v) is 11.1. The molecular weight excluding hydrogens is 538 g/mol. The number of halogens is 1. The van der Waals surface area contributed by atoms with Crippen molar-refractivity contribution in [3.8, 4) is 0 Å². The summed E-state index contributed by atoms with van der Waals surface area (Å²) in [5.74, 6) is -0.206. The van der Waals surface area contributed by atoms with E-state index in [2.05, 4.69) is 39.9 Å². The Morgan fingerprint density at radius 1 is 0.944 bits per heavy atom. The molecule has 0 unspecified atom stereocenters. The maximum atomic E-state index is 13.7. The van der Waals surface area contributed by atoms with Crippen LogP contribution in [-0.4, -0.2) is 72.5 Å². The van der Waals surface area contributed by atoms with Gasteiger partial charge in [0.15, 0.2) is 0 Å². The molecule has 6 nitrogen and oxygen atoms in total. The van der Waals surface area contributed by atoms with Crippen LogP contribution in [0.2, 0.25) is 0 Å². The quantitative estimate of drug-likeness (QED) is 0.351. The van der Waals surface area contributed by atoms with E-state index in [-0.39, 0.29) is 18.4 Å². The predicted molar refractivity (Wildman–Crippen MR) is 147 cm³/mol. The molecule has 2 amide bonds. The van der Waals surface area contributed by atoms with Gasteiger partial charge in [-0.05, 0) is 52.7 Å². The van der Waals surface area contributed by atoms with E-state index in [1.165, 1.54) is 4.88 Å². The molecular formula is C28H32BrN3O3S. The third kappa shape index (κ3) is 7.49. The number of carbonyl (C=O) groups is 2. The highest BCUT2D eigenvalue weighted by Gasteiger charge is 2.25. The van der Waals surface area contributed by atoms with Crippen molar-refractivity contribution in [2.24, 2.45) is 0 Å². The number of rotatable bonds is 10. The molecule has 0 N–H and O–H groups in total. The number of thiophene rings is 1. The first kappa shape index (κ1) is 26.5. The number of amides is 2. The standard InChI is InChI=1S/C28H32BrN3O3S/c1-22-11-12-24(36-22)20-32(19-23-7-3-2-4-8-23)27(33)21-31(14-13-30-15-17-35-18-16-30)28(34)25-9-5-6-10-26(25)29/h2-12H,13-21H2,1H3. The van der Waals surface area contributed by atoms with Crippen molar-refractivity contribution in [1.82, 2.24) is 14.7 Å². The average molecular weight is 571 g/mol. The lowest BCUT2D eigenvalue weighted by atomic mass is 10.2. The number of benzene rings is 2. The summed E-state index contributed by atoms with van der Waals surface area (Å²) in [5.41, 5.74) is 1.63. The zero-order chi connectivity index (χ0) is 25.3. The average Bonchev–Trinajstić information content (AvgIpc) is 3.31. The molecule has 0 bridgehead atoms. The van der Waals surface area contributed by atoms with E-state index in [9.17, 15) is 9.59 Å². The van der Waals surface area contributed by atoms with Crippen molar-refractivity contribution in [2.45, 2.75) is 20.0 Å². The first-order valence-electron chi connectivity index (χ1n) is 12.2. The number of ether oxygens (including phenoxy) is 1. The first-order chi connectivity index (χ1) is 17.5. The van der Waals surface area contributed by atoms with Crippen LogP contribution in [-0.2, 0) is 22.6 Å². The van der Waals surface area contributed by atoms with Gasteiger partial charge in [-0.15, -0.1) is 11.3 Å². The van der Waals surface area contributed by atoms with E-state index < -0.39 is 0 Å². The van der Waals surface area contributed by atoms with Gasteiger partial charge in [0, 0.05) is 47.0 Å². The molecule has 0 saturated carbocycles. The fourth-order valence-corrected chi connectivity index (χ4v) is 5.56. The Labute approximate surface area is 225 Å². The molecule has 4 rings (SSSR count). The fourth-order valence-electron chi connectivity index (χ4n) is 4.20. The number of aryl methyl sites for hydroxylation is 1. The van der Waals surface area contributed by atoms with Gasteiger partial charge in [0.05, 0.1) is 25.3 Å². The third-order valence-electron chi connectivity index (χ3n) is 6.22. The molecule has 1 aromatic heterocycles. The zero-order valence-corrected chi connectivity index (χ0v) is 23.0. The second kappa shape index (κ2) is 13.1. The summed E-state index contributed by atoms with van der Waals surface area (Å²) in [7, 11) is 0. The Bertz CT molecular complexity index is 1150. The fraction of sp³-hybridized carbons (Fsp3) is 0.357. The highest BCUT2D eigenvalue weighted by atomic mass is 79.9. The minimum Gasteiger partial charge on any atom is -0.379 e. The minimum absolute atomic E-state index is 0.0295. The number of carbonyl (C=O) groups excluding carboxylic acids is 2. The number of nitrogens with zero attached hydrogens (tertiary/aromatic N) is 3. The van der Waals surface area contributed by atoms with Crippen LogP contribution in [0, 0.1) is 6.92 Å². The molecule has 1 aliphatic rings. The SMILES string of the molecule is Cc1ccc(CN(Cc2ccccc2)C(=O)CN(CCN2CCOCC2)C(=O)c2ccccc2Br)s1. The van der Waals surface area contributed by atoms with Crippen molar-refractivity contribution in [2.75, 3.05) is 45.9 Å². The molecule has 0 aliphatic carbocycles. The van der Waals surface area contributed by atoms with E-state index >= 15 is 0 Å². The molecule has 3 aromatic rings. The smallest absolute Gasteiger partial charge is 0.255 e. The van der Waals surface area contributed by atoms with Crippen LogP contribution < -0.4 is 0 Å². The zero-order valence-electron chi connectivity index (χ0n) is 20.6. The van der Waals surface area contributed by atoms with Crippen LogP contribution in [0.25, 0.3) is 0 Å². The number of hydrogen-bond acceptors (Lipinski definition) is 5. The molecule has 0 atom stereocenters. The number of hydrogen-bond donors (Lipinski definition) is 0. The molecule has 190 valence electrons. The topological polar surface area (TPSA) is 53.1 Å². The molecule has 8 heteroatoms. The second-order valence-electron chi connectivity index (χ2n) is 8.91. The molecule has 0 radical (unpaired) electrons. The molecule has 2 heterocycles. The lowest BCUT2D eigenvalue weighted by Gasteiger charge is -2.31. The lowest BCUT2D eigenvalue weighted by molar-refractivity contribution is -0.133. The summed E-state index contributed by atoms with van der Waals surface area (Å²) in [6, 6.07) is 21.5. The summed E-state index contributed by atoms with van der Waals surface area (Å²) in [5, 5.41) is 0. The van der Waals surface area contributed by atoms with Crippen LogP contribution in [0.5, 0.6) is 0 Å². The summed E-state index contributed by atoms with van der Waals surface area (Å²) < 4.78 is 6.19. The van der Waals surface area contributed by atoms with Crippen LogP contribution in [0.4, 0.5) is 0 Å². The Morgan fingerprint density at radius 2 is 1.67 bits per heavy atom. The summed E-state index contributed by atoms with van der Waals surface area (Å²) >= 11 is 5.21. The van der Waals surface area contributed by atoms with E-state index in [0.29, 0.717) is 45.0 Å². The van der Waals surface area contributed by atoms with Crippen LogP contribution >= 0.6 is 27.3 Å². The van der Waals surface area contributed by atoms with Crippen molar-refractivity contribution < 1.29 is 14.3 Å². The largest absolute Gasteiger partial charge is 0.379 e. The highest BCUT2D eigenvalue weighted by Crippen LogP contribution is 2.21. The van der Waals surface area contributed by atoms with E-state index in [1.807, 2.05) is 53.4 Å². The van der Waals surface area contributed by atoms with Gasteiger partial charge in [0.2, 0.25) is 5.91 Å². The van der Waals surface area contributed by atoms with Crippen molar-refractivity contribution in [3.05, 3.63) is 92.1 Å². The maximum absolute atomic E-state index is 13.7. The Balaban J connectivity index is 1.53. The first-order valence-corrected chi connectivity index (χ1v) is 13.8. The molecule has 1 aliphatic heterocycles. The predicted octanol–water partition coefficient (Wildman–Crippen LogP) is 4.82. The molecule has 1 saturated heterocycles. The summed E-state index contributed by atoms with van der Waals surface area (Å²) in [4.78, 5) is 35.5. The van der Waals surface area contributed by atoms with Gasteiger partial charge in [-0.1, -0.05) is 42.5 Å². The van der Waals surface area contributed by atoms with E-state index in [4.69, 9.17) is 4.74 Å². The Kier molecular flexibility index (Phi) is 9.69. The minimum atomic E-state index is -0.143. The highest BCUT2D eigenvalue weighted by molar-refractivity contribution is 9.10. The van der Waals surface area contributed by atoms with E-state index in [0.717, 1.165) is 28.0 Å². The van der Waals surface area contributed by atoms with Gasteiger partial charge in [-0.2, -0.15) is 0 Å². The lowest BCUT2D eigenvalue weighted by Crippen LogP contribution is -2.47. The molecule has 1 fully saturated rings. The van der Waals surface area contributed by atoms with Gasteiger partial charge in [-0.3, -0.25) is 14.5 Å². The molecule has 0 spiro atoms. The molecule has 36 heavy (non-hydrogen) atoms. The van der Waals surface area contributed by atoms with Gasteiger partial charge in [0.25, 0.3) is 5.91 Å². The van der Waals surface area contributed by atoms with Crippen LogP contribution in [0.15, 0.2) is 71.2 Å². The van der Waals surface area contributed by atoms with Gasteiger partial charge in [-0.25, -0.2) is 0 Å². The van der Waals surface area contributed by atoms with E-state index in [1.54, 1.807) is 22.3 Å².